The zero-order valence-electron chi connectivity index (χ0n) is 12.5. The molecule has 0 heterocycles. The summed E-state index contributed by atoms with van der Waals surface area (Å²) in [4.78, 5) is 26.4. The van der Waals surface area contributed by atoms with Crippen molar-refractivity contribution in [1.29, 1.82) is 0 Å². The average Bonchev–Trinajstić information content (AvgIpc) is 2.43. The van der Waals surface area contributed by atoms with E-state index in [9.17, 15) is 14.8 Å². The summed E-state index contributed by atoms with van der Waals surface area (Å²) in [5.41, 5.74) is 0. The Morgan fingerprint density at radius 2 is 2.00 bits per heavy atom. The van der Waals surface area contributed by atoms with E-state index >= 15 is 0 Å². The SMILES string of the molecule is CCOC(=O)OCO/N=[N+](\[O-])N(C)[C@H](C(=O)O)[C@H](C)CC. The number of hydrogen-bond donors (Lipinski definition) is 1. The summed E-state index contributed by atoms with van der Waals surface area (Å²) >= 11 is 0. The molecule has 0 aromatic heterocycles. The van der Waals surface area contributed by atoms with Gasteiger partial charge in [0.1, 0.15) is 0 Å². The molecule has 0 aromatic rings. The molecule has 21 heavy (non-hydrogen) atoms. The maximum absolute atomic E-state index is 11.6. The molecule has 0 radical (unpaired) electrons. The van der Waals surface area contributed by atoms with Crippen molar-refractivity contribution in [1.82, 2.24) is 5.01 Å². The van der Waals surface area contributed by atoms with Crippen LogP contribution in [0.2, 0.25) is 0 Å². The zero-order valence-corrected chi connectivity index (χ0v) is 12.5. The number of carbonyl (C=O) groups excluding carboxylic acids is 1. The molecule has 0 saturated heterocycles. The van der Waals surface area contributed by atoms with Crippen LogP contribution in [-0.2, 0) is 19.1 Å². The Hall–Kier alpha value is -2.26. The zero-order chi connectivity index (χ0) is 16.4. The molecule has 10 heteroatoms. The highest BCUT2D eigenvalue weighted by atomic mass is 16.8. The second kappa shape index (κ2) is 9.61. The van der Waals surface area contributed by atoms with E-state index in [1.165, 1.54) is 7.05 Å². The molecule has 0 bridgehead atoms. The normalized spacial score (nSPS) is 14.0. The first-order valence-corrected chi connectivity index (χ1v) is 6.40. The van der Waals surface area contributed by atoms with Crippen LogP contribution in [0.4, 0.5) is 4.79 Å². The predicted octanol–water partition coefficient (Wildman–Crippen LogP) is 1.36. The molecule has 0 aromatic carbocycles. The fourth-order valence-electron chi connectivity index (χ4n) is 1.47. The van der Waals surface area contributed by atoms with Gasteiger partial charge in [-0.3, -0.25) is 0 Å². The number of carboxylic acids is 1. The van der Waals surface area contributed by atoms with E-state index in [-0.39, 0.29) is 17.5 Å². The highest BCUT2D eigenvalue weighted by Gasteiger charge is 2.33. The van der Waals surface area contributed by atoms with E-state index < -0.39 is 25.0 Å². The van der Waals surface area contributed by atoms with E-state index in [0.29, 0.717) is 6.42 Å². The van der Waals surface area contributed by atoms with Gasteiger partial charge in [0.25, 0.3) is 6.79 Å². The van der Waals surface area contributed by atoms with Gasteiger partial charge in [0, 0.05) is 0 Å². The van der Waals surface area contributed by atoms with Gasteiger partial charge in [-0.2, -0.15) is 0 Å². The minimum atomic E-state index is -1.15. The van der Waals surface area contributed by atoms with Gasteiger partial charge >= 0.3 is 12.1 Å². The van der Waals surface area contributed by atoms with Crippen molar-refractivity contribution in [2.45, 2.75) is 33.2 Å². The van der Waals surface area contributed by atoms with Crippen LogP contribution in [0.25, 0.3) is 0 Å². The topological polar surface area (TPSA) is 124 Å². The van der Waals surface area contributed by atoms with Gasteiger partial charge in [-0.15, -0.1) is 5.01 Å². The summed E-state index contributed by atoms with van der Waals surface area (Å²) < 4.78 is 8.86. The molecular formula is C11H21N3O7. The largest absolute Gasteiger partial charge is 0.569 e. The summed E-state index contributed by atoms with van der Waals surface area (Å²) in [5, 5.41) is 24.7. The van der Waals surface area contributed by atoms with Crippen LogP contribution >= 0.6 is 0 Å². The summed E-state index contributed by atoms with van der Waals surface area (Å²) in [6, 6.07) is -1.05. The van der Waals surface area contributed by atoms with Gasteiger partial charge in [0.2, 0.25) is 5.28 Å². The van der Waals surface area contributed by atoms with Crippen LogP contribution < -0.4 is 0 Å². The minimum Gasteiger partial charge on any atom is -0.569 e. The number of carboxylic acid groups (broad SMARTS) is 1. The van der Waals surface area contributed by atoms with E-state index in [1.807, 2.05) is 6.92 Å². The van der Waals surface area contributed by atoms with Crippen molar-refractivity contribution in [3.05, 3.63) is 5.21 Å². The lowest BCUT2D eigenvalue weighted by Crippen LogP contribution is -2.46. The van der Waals surface area contributed by atoms with Gasteiger partial charge in [-0.1, -0.05) is 20.3 Å². The Bertz CT molecular complexity index is 375. The van der Waals surface area contributed by atoms with Crippen molar-refractivity contribution >= 4 is 12.1 Å². The number of aliphatic carboxylic acids is 1. The van der Waals surface area contributed by atoms with Crippen LogP contribution in [0.1, 0.15) is 27.2 Å². The Morgan fingerprint density at radius 3 is 2.48 bits per heavy atom. The van der Waals surface area contributed by atoms with Crippen LogP contribution in [0.3, 0.4) is 0 Å². The number of likely N-dealkylation sites (N-methyl/N-ethyl adjacent to an activating group) is 1. The molecule has 0 saturated carbocycles. The van der Waals surface area contributed by atoms with Gasteiger partial charge in [0.15, 0.2) is 6.04 Å². The van der Waals surface area contributed by atoms with Crippen molar-refractivity contribution in [3.63, 3.8) is 0 Å². The second-order valence-electron chi connectivity index (χ2n) is 4.15. The third kappa shape index (κ3) is 6.63. The van der Waals surface area contributed by atoms with Gasteiger partial charge in [-0.05, 0) is 12.8 Å². The molecule has 0 spiro atoms. The first-order chi connectivity index (χ1) is 9.84. The lowest BCUT2D eigenvalue weighted by atomic mass is 9.99. The van der Waals surface area contributed by atoms with Gasteiger partial charge in [0.05, 0.1) is 18.6 Å². The number of hydrogen-bond acceptors (Lipinski definition) is 7. The van der Waals surface area contributed by atoms with Crippen LogP contribution in [0.15, 0.2) is 5.28 Å². The lowest BCUT2D eigenvalue weighted by molar-refractivity contribution is -0.712. The Labute approximate surface area is 122 Å². The number of rotatable bonds is 9. The molecule has 0 aliphatic rings. The third-order valence-electron chi connectivity index (χ3n) is 2.73. The first-order valence-electron chi connectivity index (χ1n) is 6.40. The highest BCUT2D eigenvalue weighted by molar-refractivity contribution is 5.73. The number of nitrogens with zero attached hydrogens (tertiary/aromatic N) is 3. The van der Waals surface area contributed by atoms with Crippen molar-refractivity contribution in [2.24, 2.45) is 11.2 Å². The van der Waals surface area contributed by atoms with E-state index in [2.05, 4.69) is 19.6 Å². The van der Waals surface area contributed by atoms with E-state index in [1.54, 1.807) is 13.8 Å². The Balaban J connectivity index is 4.46. The molecule has 122 valence electrons. The smallest absolute Gasteiger partial charge is 0.511 e. The van der Waals surface area contributed by atoms with Crippen molar-refractivity contribution < 1.29 is 34.0 Å². The monoisotopic (exact) mass is 307 g/mol. The number of ether oxygens (including phenoxy) is 2. The quantitative estimate of drug-likeness (QED) is 0.169. The molecule has 0 amide bonds. The molecule has 2 atom stereocenters. The average molecular weight is 307 g/mol. The standard InChI is InChI=1S/C11H21N3O7/c1-5-8(3)9(10(15)16)13(4)14(18)12-21-7-20-11(17)19-6-2/h8-9H,5-7H2,1-4H3,(H,15,16)/b14-12-/t8-,9+/m1/s1. The third-order valence-corrected chi connectivity index (χ3v) is 2.73. The summed E-state index contributed by atoms with van der Waals surface area (Å²) in [6.07, 6.45) is -0.386. The van der Waals surface area contributed by atoms with Gasteiger partial charge < -0.3 is 24.6 Å². The van der Waals surface area contributed by atoms with E-state index in [0.717, 1.165) is 5.01 Å². The Morgan fingerprint density at radius 1 is 1.38 bits per heavy atom. The molecule has 0 unspecified atom stereocenters. The molecule has 0 rings (SSSR count). The maximum Gasteiger partial charge on any atom is 0.511 e. The maximum atomic E-state index is 11.6. The summed E-state index contributed by atoms with van der Waals surface area (Å²) in [7, 11) is 1.27. The highest BCUT2D eigenvalue weighted by Crippen LogP contribution is 2.14. The van der Waals surface area contributed by atoms with Crippen LogP contribution in [-0.4, -0.2) is 53.7 Å². The Kier molecular flexibility index (Phi) is 8.58. The molecule has 0 aliphatic carbocycles. The second-order valence-corrected chi connectivity index (χ2v) is 4.15. The fraction of sp³-hybridized carbons (Fsp3) is 0.818. The van der Waals surface area contributed by atoms with E-state index in [4.69, 9.17) is 5.11 Å². The van der Waals surface area contributed by atoms with Crippen LogP contribution in [0.5, 0.6) is 0 Å². The summed E-state index contributed by atoms with van der Waals surface area (Å²) in [5.74, 6) is -1.42. The predicted molar refractivity (Wildman–Crippen MR) is 68.8 cm³/mol. The van der Waals surface area contributed by atoms with Gasteiger partial charge in [-0.25, -0.2) is 9.59 Å². The molecule has 0 fully saturated rings. The summed E-state index contributed by atoms with van der Waals surface area (Å²) in [6.45, 7) is 4.63. The van der Waals surface area contributed by atoms with Crippen LogP contribution in [0, 0.1) is 11.1 Å². The molecule has 0 aliphatic heterocycles. The number of hydrazine groups is 1. The number of carbonyl (C=O) groups is 2. The molecule has 10 nitrogen and oxygen atoms in total. The first kappa shape index (κ1) is 18.7. The lowest BCUT2D eigenvalue weighted by Gasteiger charge is -2.24. The fourth-order valence-corrected chi connectivity index (χ4v) is 1.47. The van der Waals surface area contributed by atoms with Crippen molar-refractivity contribution in [2.75, 3.05) is 20.4 Å². The minimum absolute atomic E-state index is 0.0144. The molecule has 1 N–H and O–H groups in total. The molecular weight excluding hydrogens is 286 g/mol. The van der Waals surface area contributed by atoms with Crippen molar-refractivity contribution in [3.8, 4) is 0 Å².